The zero-order chi connectivity index (χ0) is 24.0. The third-order valence-corrected chi connectivity index (χ3v) is 6.85. The molecule has 0 radical (unpaired) electrons. The van der Waals surface area contributed by atoms with Crippen molar-refractivity contribution >= 4 is 30.9 Å². The lowest BCUT2D eigenvalue weighted by molar-refractivity contribution is -0.145. The molecule has 0 amide bonds. The minimum Gasteiger partial charge on any atom is -0.479 e. The molecule has 33 heavy (non-hydrogen) atoms. The number of anilines is 1. The molecule has 182 valence electrons. The van der Waals surface area contributed by atoms with Crippen molar-refractivity contribution in [1.29, 1.82) is 0 Å². The maximum Gasteiger partial charge on any atom is 0.475 e. The van der Waals surface area contributed by atoms with Crippen molar-refractivity contribution in [2.24, 2.45) is 0 Å². The van der Waals surface area contributed by atoms with E-state index in [9.17, 15) is 14.5 Å². The normalized spacial score (nSPS) is 32.5. The van der Waals surface area contributed by atoms with Gasteiger partial charge < -0.3 is 25.1 Å². The number of rotatable bonds is 7. The van der Waals surface area contributed by atoms with Crippen LogP contribution in [-0.4, -0.2) is 74.8 Å². The van der Waals surface area contributed by atoms with Crippen LogP contribution >= 0.6 is 7.82 Å². The van der Waals surface area contributed by atoms with Crippen LogP contribution in [0, 0.1) is 0 Å². The Kier molecular flexibility index (Phi) is 6.33. The van der Waals surface area contributed by atoms with Gasteiger partial charge in [0.05, 0.1) is 39.2 Å². The summed E-state index contributed by atoms with van der Waals surface area (Å²) in [6.07, 6.45) is -2.43. The first-order valence-electron chi connectivity index (χ1n) is 10.3. The van der Waals surface area contributed by atoms with Crippen molar-refractivity contribution in [3.05, 3.63) is 6.33 Å². The monoisotopic (exact) mass is 487 g/mol. The lowest BCUT2D eigenvalue weighted by atomic mass is 9.96. The van der Waals surface area contributed by atoms with Crippen molar-refractivity contribution in [2.45, 2.75) is 57.3 Å². The van der Waals surface area contributed by atoms with Gasteiger partial charge in [-0.3, -0.25) is 22.9 Å². The highest BCUT2D eigenvalue weighted by atomic mass is 31.2. The second-order valence-corrected chi connectivity index (χ2v) is 9.44. The molecule has 15 heteroatoms. The van der Waals surface area contributed by atoms with Gasteiger partial charge in [0.1, 0.15) is 17.8 Å². The molecule has 2 fully saturated rings. The van der Waals surface area contributed by atoms with Crippen LogP contribution in [0.3, 0.4) is 0 Å². The smallest absolute Gasteiger partial charge is 0.475 e. The first kappa shape index (κ1) is 23.8. The summed E-state index contributed by atoms with van der Waals surface area (Å²) in [6, 6.07) is 0. The number of methoxy groups -OCH3 is 1. The second-order valence-electron chi connectivity index (χ2n) is 7.86. The lowest BCUT2D eigenvalue weighted by Crippen LogP contribution is -2.47. The van der Waals surface area contributed by atoms with Crippen LogP contribution in [0.4, 0.5) is 5.95 Å². The summed E-state index contributed by atoms with van der Waals surface area (Å²) in [5.41, 5.74) is 4.66. The van der Waals surface area contributed by atoms with Gasteiger partial charge in [-0.2, -0.15) is 9.97 Å². The van der Waals surface area contributed by atoms with Crippen LogP contribution < -0.4 is 10.5 Å². The highest BCUT2D eigenvalue weighted by Gasteiger charge is 2.60. The van der Waals surface area contributed by atoms with Crippen molar-refractivity contribution in [3.8, 4) is 5.88 Å². The van der Waals surface area contributed by atoms with Crippen LogP contribution in [0.25, 0.3) is 11.2 Å². The van der Waals surface area contributed by atoms with E-state index in [1.54, 1.807) is 6.92 Å². The SMILES string of the molecule is CCOC(=O)CC(C)OP1(=O)OCC2OC(n3cnc4c(OC)nc(N)nc43)C(C)(O)C2O1. The Morgan fingerprint density at radius 2 is 2.24 bits per heavy atom. The molecule has 6 atom stereocenters. The maximum atomic E-state index is 13.1. The van der Waals surface area contributed by atoms with Gasteiger partial charge in [0, 0.05) is 0 Å². The summed E-state index contributed by atoms with van der Waals surface area (Å²) in [5, 5.41) is 11.3. The van der Waals surface area contributed by atoms with E-state index in [2.05, 4.69) is 15.0 Å². The summed E-state index contributed by atoms with van der Waals surface area (Å²) in [7, 11) is -2.69. The van der Waals surface area contributed by atoms with Gasteiger partial charge in [0.25, 0.3) is 0 Å². The largest absolute Gasteiger partial charge is 0.479 e. The van der Waals surface area contributed by atoms with Gasteiger partial charge in [0.15, 0.2) is 17.4 Å². The van der Waals surface area contributed by atoms with Crippen molar-refractivity contribution in [2.75, 3.05) is 26.1 Å². The molecule has 6 unspecified atom stereocenters. The molecule has 14 nitrogen and oxygen atoms in total. The molecule has 2 aromatic rings. The van der Waals surface area contributed by atoms with Gasteiger partial charge in [-0.1, -0.05) is 0 Å². The van der Waals surface area contributed by atoms with E-state index in [1.807, 2.05) is 0 Å². The number of nitrogens with zero attached hydrogens (tertiary/aromatic N) is 4. The maximum absolute atomic E-state index is 13.1. The molecule has 0 spiro atoms. The molecule has 2 aliphatic rings. The number of phosphoric acid groups is 1. The topological polar surface area (TPSA) is 179 Å². The number of hydrogen-bond acceptors (Lipinski definition) is 13. The number of aromatic nitrogens is 4. The Balaban J connectivity index is 1.56. The average molecular weight is 487 g/mol. The van der Waals surface area contributed by atoms with Crippen LogP contribution in [0.5, 0.6) is 5.88 Å². The third kappa shape index (κ3) is 4.42. The number of phosphoric ester groups is 1. The van der Waals surface area contributed by atoms with Gasteiger partial charge in [-0.15, -0.1) is 0 Å². The molecule has 0 aromatic carbocycles. The van der Waals surface area contributed by atoms with Gasteiger partial charge in [-0.25, -0.2) is 9.55 Å². The summed E-state index contributed by atoms with van der Waals surface area (Å²) in [5.74, 6) is -0.393. The van der Waals surface area contributed by atoms with Crippen LogP contribution in [0.2, 0.25) is 0 Å². The lowest BCUT2D eigenvalue weighted by Gasteiger charge is -2.35. The average Bonchev–Trinajstić information content (AvgIpc) is 3.25. The summed E-state index contributed by atoms with van der Waals surface area (Å²) >= 11 is 0. The number of ether oxygens (including phenoxy) is 3. The number of fused-ring (bicyclic) bond motifs is 2. The van der Waals surface area contributed by atoms with Crippen LogP contribution in [-0.2, 0) is 32.4 Å². The molecule has 0 bridgehead atoms. The van der Waals surface area contributed by atoms with Crippen molar-refractivity contribution in [1.82, 2.24) is 19.5 Å². The molecule has 2 aliphatic heterocycles. The Morgan fingerprint density at radius 1 is 1.48 bits per heavy atom. The molecule has 0 aliphatic carbocycles. The van der Waals surface area contributed by atoms with E-state index >= 15 is 0 Å². The molecule has 4 heterocycles. The summed E-state index contributed by atoms with van der Waals surface area (Å²) in [6.45, 7) is 4.72. The minimum atomic E-state index is -4.10. The van der Waals surface area contributed by atoms with Gasteiger partial charge in [0.2, 0.25) is 11.8 Å². The summed E-state index contributed by atoms with van der Waals surface area (Å²) < 4.78 is 46.9. The van der Waals surface area contributed by atoms with Crippen LogP contribution in [0.1, 0.15) is 33.4 Å². The summed E-state index contributed by atoms with van der Waals surface area (Å²) in [4.78, 5) is 24.1. The quantitative estimate of drug-likeness (QED) is 0.417. The Labute approximate surface area is 188 Å². The fraction of sp³-hybridized carbons (Fsp3) is 0.667. The van der Waals surface area contributed by atoms with Crippen LogP contribution in [0.15, 0.2) is 6.33 Å². The first-order valence-corrected chi connectivity index (χ1v) is 11.7. The van der Waals surface area contributed by atoms with Gasteiger partial charge in [-0.05, 0) is 20.8 Å². The van der Waals surface area contributed by atoms with E-state index < -0.39 is 43.9 Å². The highest BCUT2D eigenvalue weighted by molar-refractivity contribution is 7.48. The Morgan fingerprint density at radius 3 is 2.94 bits per heavy atom. The molecular weight excluding hydrogens is 461 g/mol. The standard InChI is InChI=1S/C18H26N5O9P/c1-5-28-11(24)6-9(2)31-33(26)29-7-10-13(32-33)18(3,25)16(30-10)23-8-20-12-14(23)21-17(19)22-15(12)27-4/h8-10,13,16,25H,5-7H2,1-4H3,(H2,19,21,22). The van der Waals surface area contributed by atoms with E-state index in [0.717, 1.165) is 0 Å². The second kappa shape index (κ2) is 8.78. The fourth-order valence-electron chi connectivity index (χ4n) is 3.86. The van der Waals surface area contributed by atoms with E-state index in [1.165, 1.54) is 31.9 Å². The highest BCUT2D eigenvalue weighted by Crippen LogP contribution is 2.59. The number of carbonyl (C=O) groups excluding carboxylic acids is 1. The van der Waals surface area contributed by atoms with E-state index in [0.29, 0.717) is 5.52 Å². The zero-order valence-electron chi connectivity index (χ0n) is 18.5. The zero-order valence-corrected chi connectivity index (χ0v) is 19.4. The number of nitrogen functional groups attached to an aromatic ring is 1. The van der Waals surface area contributed by atoms with E-state index in [4.69, 9.17) is 33.5 Å². The van der Waals surface area contributed by atoms with Gasteiger partial charge >= 0.3 is 13.8 Å². The minimum absolute atomic E-state index is 0.0516. The number of carbonyl (C=O) groups is 1. The molecule has 4 rings (SSSR count). The number of imidazole rings is 1. The predicted octanol–water partition coefficient (Wildman–Crippen LogP) is 0.947. The predicted molar refractivity (Wildman–Crippen MR) is 111 cm³/mol. The Hall–Kier alpha value is -2.35. The van der Waals surface area contributed by atoms with Crippen molar-refractivity contribution < 1.29 is 42.2 Å². The molecule has 2 aromatic heterocycles. The molecule has 0 saturated carbocycles. The number of hydrogen-bond donors (Lipinski definition) is 2. The number of aliphatic hydroxyl groups is 1. The molecule has 3 N–H and O–H groups in total. The third-order valence-electron chi connectivity index (χ3n) is 5.28. The van der Waals surface area contributed by atoms with Crippen molar-refractivity contribution in [3.63, 3.8) is 0 Å². The van der Waals surface area contributed by atoms with E-state index in [-0.39, 0.29) is 37.1 Å². The fourth-order valence-corrected chi connectivity index (χ4v) is 5.51. The molecule has 2 saturated heterocycles. The number of nitrogens with two attached hydrogens (primary N) is 1. The first-order chi connectivity index (χ1) is 15.6. The number of esters is 1. The Bertz CT molecular complexity index is 1090. The molecular formula is C18H26N5O9P.